The van der Waals surface area contributed by atoms with Crippen molar-refractivity contribution in [1.29, 1.82) is 0 Å². The molecule has 1 aliphatic heterocycles. The number of nitrogens with zero attached hydrogens (tertiary/aromatic N) is 1. The largest absolute Gasteiger partial charge is 0.348 e. The van der Waals surface area contributed by atoms with E-state index in [-0.39, 0.29) is 29.7 Å². The van der Waals surface area contributed by atoms with Gasteiger partial charge in [-0.25, -0.2) is 0 Å². The average Bonchev–Trinajstić information content (AvgIpc) is 3.06. The normalized spacial score (nSPS) is 14.8. The van der Waals surface area contributed by atoms with Gasteiger partial charge in [0.05, 0.1) is 12.0 Å². The Bertz CT molecular complexity index is 1430. The molecule has 5 nitrogen and oxygen atoms in total. The van der Waals surface area contributed by atoms with Crippen LogP contribution in [-0.2, 0) is 9.59 Å². The molecule has 1 fully saturated rings. The Balaban J connectivity index is 1.19. The topological polar surface area (TPSA) is 61.4 Å². The maximum Gasteiger partial charge on any atom is 0.232 e. The van der Waals surface area contributed by atoms with Crippen molar-refractivity contribution in [2.75, 3.05) is 25.0 Å². The van der Waals surface area contributed by atoms with Gasteiger partial charge in [0.1, 0.15) is 0 Å². The van der Waals surface area contributed by atoms with Crippen molar-refractivity contribution in [2.24, 2.45) is 5.92 Å². The van der Waals surface area contributed by atoms with Crippen molar-refractivity contribution >= 4 is 17.5 Å². The third-order valence-electron chi connectivity index (χ3n) is 8.75. The molecule has 0 spiro atoms. The van der Waals surface area contributed by atoms with Crippen molar-refractivity contribution in [3.05, 3.63) is 138 Å². The van der Waals surface area contributed by atoms with E-state index in [1.165, 1.54) is 5.56 Å². The van der Waals surface area contributed by atoms with E-state index < -0.39 is 0 Å². The summed E-state index contributed by atoms with van der Waals surface area (Å²) in [6.45, 7) is 6.95. The summed E-state index contributed by atoms with van der Waals surface area (Å²) in [6, 6.07) is 38.8. The van der Waals surface area contributed by atoms with Crippen LogP contribution in [0.1, 0.15) is 79.7 Å². The molecular weight excluding hydrogens is 542 g/mol. The van der Waals surface area contributed by atoms with Crippen molar-refractivity contribution in [3.63, 3.8) is 0 Å². The zero-order valence-electron chi connectivity index (χ0n) is 26.0. The lowest BCUT2D eigenvalue weighted by molar-refractivity contribution is -0.122. The highest BCUT2D eigenvalue weighted by Crippen LogP contribution is 2.31. The highest BCUT2D eigenvalue weighted by molar-refractivity contribution is 5.92. The molecule has 2 amide bonds. The fourth-order valence-electron chi connectivity index (χ4n) is 6.21. The third kappa shape index (κ3) is 8.45. The molecule has 44 heavy (non-hydrogen) atoms. The molecule has 0 unspecified atom stereocenters. The van der Waals surface area contributed by atoms with Crippen LogP contribution in [0.4, 0.5) is 5.69 Å². The van der Waals surface area contributed by atoms with Gasteiger partial charge in [-0.1, -0.05) is 117 Å². The van der Waals surface area contributed by atoms with Gasteiger partial charge in [-0.2, -0.15) is 0 Å². The van der Waals surface area contributed by atoms with Gasteiger partial charge in [-0.05, 0) is 85.6 Å². The predicted molar refractivity (Wildman–Crippen MR) is 180 cm³/mol. The second-order valence-corrected chi connectivity index (χ2v) is 12.3. The monoisotopic (exact) mass is 587 g/mol. The predicted octanol–water partition coefficient (Wildman–Crippen LogP) is 7.93. The lowest BCUT2D eigenvalue weighted by atomic mass is 9.89. The summed E-state index contributed by atoms with van der Waals surface area (Å²) in [7, 11) is 0. The number of nitrogens with one attached hydrogen (secondary N) is 2. The van der Waals surface area contributed by atoms with Gasteiger partial charge >= 0.3 is 0 Å². The van der Waals surface area contributed by atoms with Crippen LogP contribution >= 0.6 is 0 Å². The van der Waals surface area contributed by atoms with E-state index >= 15 is 0 Å². The number of anilines is 1. The zero-order chi connectivity index (χ0) is 30.7. The van der Waals surface area contributed by atoms with Crippen LogP contribution in [0.15, 0.2) is 115 Å². The number of hydrogen-bond donors (Lipinski definition) is 2. The number of amides is 2. The van der Waals surface area contributed by atoms with E-state index in [1.807, 2.05) is 98.8 Å². The molecule has 0 bridgehead atoms. The number of hydrogen-bond acceptors (Lipinski definition) is 3. The van der Waals surface area contributed by atoms with Gasteiger partial charge in [0, 0.05) is 11.6 Å². The van der Waals surface area contributed by atoms with E-state index in [4.69, 9.17) is 0 Å². The fraction of sp³-hybridized carbons (Fsp3) is 0.333. The van der Waals surface area contributed by atoms with Crippen molar-refractivity contribution < 1.29 is 9.59 Å². The van der Waals surface area contributed by atoms with Gasteiger partial charge in [-0.3, -0.25) is 9.59 Å². The minimum absolute atomic E-state index is 0.0314. The molecule has 0 saturated carbocycles. The number of carbonyl (C=O) groups is 2. The Morgan fingerprint density at radius 3 is 1.86 bits per heavy atom. The van der Waals surface area contributed by atoms with Crippen LogP contribution in [-0.4, -0.2) is 36.3 Å². The fourth-order valence-corrected chi connectivity index (χ4v) is 6.21. The molecule has 1 aliphatic rings. The zero-order valence-corrected chi connectivity index (χ0v) is 26.0. The van der Waals surface area contributed by atoms with Gasteiger partial charge < -0.3 is 15.5 Å². The van der Waals surface area contributed by atoms with Crippen LogP contribution in [0.3, 0.4) is 0 Å². The first kappa shape index (κ1) is 31.2. The summed E-state index contributed by atoms with van der Waals surface area (Å²) in [6.07, 6.45) is 4.10. The Labute approximate surface area is 262 Å². The summed E-state index contributed by atoms with van der Waals surface area (Å²) >= 11 is 0. The Kier molecular flexibility index (Phi) is 11.0. The lowest BCUT2D eigenvalue weighted by Crippen LogP contribution is -2.36. The summed E-state index contributed by atoms with van der Waals surface area (Å²) in [4.78, 5) is 28.7. The number of rotatable bonds is 12. The first-order valence-electron chi connectivity index (χ1n) is 16.1. The van der Waals surface area contributed by atoms with Crippen LogP contribution in [0.2, 0.25) is 0 Å². The molecule has 228 valence electrons. The average molecular weight is 588 g/mol. The number of benzene rings is 4. The molecule has 0 aliphatic carbocycles. The Hall–Kier alpha value is -4.22. The molecule has 5 rings (SSSR count). The minimum Gasteiger partial charge on any atom is -0.348 e. The van der Waals surface area contributed by atoms with Gasteiger partial charge in [0.25, 0.3) is 0 Å². The smallest absolute Gasteiger partial charge is 0.232 e. The summed E-state index contributed by atoms with van der Waals surface area (Å²) in [5.74, 6) is 0.193. The van der Waals surface area contributed by atoms with Crippen molar-refractivity contribution in [2.45, 2.75) is 57.4 Å². The maximum atomic E-state index is 13.9. The van der Waals surface area contributed by atoms with Gasteiger partial charge in [-0.15, -0.1) is 0 Å². The summed E-state index contributed by atoms with van der Waals surface area (Å²) in [5.41, 5.74) is 5.34. The van der Waals surface area contributed by atoms with Crippen molar-refractivity contribution in [3.8, 4) is 0 Å². The molecule has 1 heterocycles. The van der Waals surface area contributed by atoms with Crippen LogP contribution in [0.5, 0.6) is 0 Å². The maximum absolute atomic E-state index is 13.9. The molecule has 1 saturated heterocycles. The molecule has 4 aromatic rings. The van der Waals surface area contributed by atoms with Gasteiger partial charge in [0.15, 0.2) is 0 Å². The lowest BCUT2D eigenvalue weighted by Gasteiger charge is -2.33. The highest BCUT2D eigenvalue weighted by atomic mass is 16.2. The molecule has 4 aromatic carbocycles. The summed E-state index contributed by atoms with van der Waals surface area (Å²) in [5, 5.41) is 6.48. The Morgan fingerprint density at radius 1 is 0.727 bits per heavy atom. The third-order valence-corrected chi connectivity index (χ3v) is 8.75. The standard InChI is InChI=1S/C39H45N3O2/c1-29(2)38(43)40-35-21-12-20-34(28-35)30-23-26-42(27-24-30)25-13-22-36(31-14-6-3-7-15-31)41-39(44)37(32-16-8-4-9-17-32)33-18-10-5-11-19-33/h3-12,14-21,28-30,36-37H,13,22-27H2,1-2H3,(H,40,43)(H,41,44)/t36-/m0/s1. The number of likely N-dealkylation sites (tertiary alicyclic amines) is 1. The van der Waals surface area contributed by atoms with Crippen LogP contribution in [0.25, 0.3) is 0 Å². The Morgan fingerprint density at radius 2 is 1.30 bits per heavy atom. The molecular formula is C39H45N3O2. The molecule has 1 atom stereocenters. The number of carbonyl (C=O) groups excluding carboxylic acids is 2. The van der Waals surface area contributed by atoms with Gasteiger partial charge in [0.2, 0.25) is 11.8 Å². The molecule has 0 radical (unpaired) electrons. The van der Waals surface area contributed by atoms with Crippen LogP contribution < -0.4 is 10.6 Å². The van der Waals surface area contributed by atoms with E-state index in [1.54, 1.807) is 0 Å². The summed E-state index contributed by atoms with van der Waals surface area (Å²) < 4.78 is 0. The SMILES string of the molecule is CC(C)C(=O)Nc1cccc(C2CCN(CCC[C@H](NC(=O)C(c3ccccc3)c3ccccc3)c3ccccc3)CC2)c1. The number of piperidine rings is 1. The molecule has 0 aromatic heterocycles. The quantitative estimate of drug-likeness (QED) is 0.177. The van der Waals surface area contributed by atoms with Crippen LogP contribution in [0, 0.1) is 5.92 Å². The molecule has 5 heteroatoms. The highest BCUT2D eigenvalue weighted by Gasteiger charge is 2.26. The van der Waals surface area contributed by atoms with E-state index in [0.717, 1.165) is 67.7 Å². The van der Waals surface area contributed by atoms with Crippen molar-refractivity contribution in [1.82, 2.24) is 10.2 Å². The second kappa shape index (κ2) is 15.5. The van der Waals surface area contributed by atoms with E-state index in [9.17, 15) is 9.59 Å². The molecule has 2 N–H and O–H groups in total. The minimum atomic E-state index is -0.361. The van der Waals surface area contributed by atoms with E-state index in [2.05, 4.69) is 45.9 Å². The first-order valence-corrected chi connectivity index (χ1v) is 16.1. The second-order valence-electron chi connectivity index (χ2n) is 12.3. The first-order chi connectivity index (χ1) is 21.5. The van der Waals surface area contributed by atoms with E-state index in [0.29, 0.717) is 5.92 Å².